The molecule has 0 aliphatic carbocycles. The summed E-state index contributed by atoms with van der Waals surface area (Å²) >= 11 is 0. The largest absolute Gasteiger partial charge is 0.465 e. The molecule has 3 rings (SSSR count). The van der Waals surface area contributed by atoms with Gasteiger partial charge in [0.1, 0.15) is 6.17 Å². The minimum Gasteiger partial charge on any atom is -0.465 e. The van der Waals surface area contributed by atoms with Crippen LogP contribution < -0.4 is 5.32 Å². The van der Waals surface area contributed by atoms with E-state index in [4.69, 9.17) is 5.11 Å². The molecule has 1 atom stereocenters. The molecule has 1 aliphatic rings. The third-order valence-corrected chi connectivity index (χ3v) is 3.16. The van der Waals surface area contributed by atoms with E-state index in [-0.39, 0.29) is 6.17 Å². The highest BCUT2D eigenvalue weighted by Crippen LogP contribution is 2.25. The summed E-state index contributed by atoms with van der Waals surface area (Å²) in [6.45, 7) is 0. The Labute approximate surface area is 104 Å². The first-order valence-electron chi connectivity index (χ1n) is 5.77. The molecular formula is C14H12N2O2. The molecule has 0 aromatic heterocycles. The molecule has 0 radical (unpaired) electrons. The fourth-order valence-corrected chi connectivity index (χ4v) is 2.35. The van der Waals surface area contributed by atoms with Crippen molar-refractivity contribution >= 4 is 23.1 Å². The van der Waals surface area contributed by atoms with Crippen molar-refractivity contribution < 1.29 is 9.90 Å². The van der Waals surface area contributed by atoms with Crippen LogP contribution in [0, 0.1) is 0 Å². The molecule has 0 spiro atoms. The van der Waals surface area contributed by atoms with E-state index >= 15 is 0 Å². The Bertz CT molecular complexity index is 649. The number of amides is 1. The van der Waals surface area contributed by atoms with Crippen LogP contribution in [0.15, 0.2) is 41.4 Å². The fraction of sp³-hybridized carbons (Fsp3) is 0.143. The molecule has 90 valence electrons. The summed E-state index contributed by atoms with van der Waals surface area (Å²) in [6, 6.07) is 12.2. The second kappa shape index (κ2) is 4.14. The summed E-state index contributed by atoms with van der Waals surface area (Å²) in [6.07, 6.45) is 0.910. The van der Waals surface area contributed by atoms with Crippen molar-refractivity contribution in [2.45, 2.75) is 12.6 Å². The summed E-state index contributed by atoms with van der Waals surface area (Å²) < 4.78 is 0. The molecule has 1 heterocycles. The summed E-state index contributed by atoms with van der Waals surface area (Å²) in [5.41, 5.74) is 2.22. The van der Waals surface area contributed by atoms with Gasteiger partial charge in [0.25, 0.3) is 0 Å². The van der Waals surface area contributed by atoms with Crippen molar-refractivity contribution in [1.29, 1.82) is 0 Å². The molecule has 0 saturated heterocycles. The maximum absolute atomic E-state index is 10.7. The van der Waals surface area contributed by atoms with Crippen LogP contribution in [0.1, 0.15) is 11.1 Å². The lowest BCUT2D eigenvalue weighted by atomic mass is 9.94. The molecule has 2 aromatic rings. The number of benzene rings is 2. The fourth-order valence-electron chi connectivity index (χ4n) is 2.35. The number of nitrogens with zero attached hydrogens (tertiary/aromatic N) is 1. The lowest BCUT2D eigenvalue weighted by molar-refractivity contribution is 0.190. The van der Waals surface area contributed by atoms with E-state index in [1.807, 2.05) is 18.2 Å². The predicted octanol–water partition coefficient (Wildman–Crippen LogP) is 2.41. The van der Waals surface area contributed by atoms with Gasteiger partial charge < -0.3 is 5.11 Å². The van der Waals surface area contributed by atoms with Gasteiger partial charge in [-0.05, 0) is 21.9 Å². The molecule has 4 heteroatoms. The maximum atomic E-state index is 10.7. The molecule has 1 amide bonds. The van der Waals surface area contributed by atoms with Crippen molar-refractivity contribution in [2.24, 2.45) is 4.99 Å². The quantitative estimate of drug-likeness (QED) is 0.804. The number of aliphatic imine (C=N–C) groups is 1. The predicted molar refractivity (Wildman–Crippen MR) is 70.2 cm³/mol. The van der Waals surface area contributed by atoms with Gasteiger partial charge >= 0.3 is 6.09 Å². The van der Waals surface area contributed by atoms with Gasteiger partial charge in [-0.15, -0.1) is 0 Å². The van der Waals surface area contributed by atoms with Crippen molar-refractivity contribution in [3.05, 3.63) is 47.5 Å². The Morgan fingerprint density at radius 2 is 2.11 bits per heavy atom. The molecule has 0 bridgehead atoms. The SMILES string of the molecule is O=C(O)NC1Cc2c(ccc3ccccc23)C=N1. The van der Waals surface area contributed by atoms with E-state index in [1.165, 1.54) is 10.8 Å². The molecule has 1 unspecified atom stereocenters. The molecule has 2 aromatic carbocycles. The van der Waals surface area contributed by atoms with Crippen LogP contribution in [0.25, 0.3) is 10.8 Å². The smallest absolute Gasteiger partial charge is 0.406 e. The number of hydrogen-bond acceptors (Lipinski definition) is 2. The summed E-state index contributed by atoms with van der Waals surface area (Å²) in [4.78, 5) is 14.9. The number of rotatable bonds is 1. The zero-order valence-electron chi connectivity index (χ0n) is 9.63. The minimum atomic E-state index is -1.04. The summed E-state index contributed by atoms with van der Waals surface area (Å²) in [7, 11) is 0. The van der Waals surface area contributed by atoms with Crippen LogP contribution in [0.2, 0.25) is 0 Å². The Kier molecular flexibility index (Phi) is 2.48. The van der Waals surface area contributed by atoms with E-state index in [2.05, 4.69) is 28.5 Å². The topological polar surface area (TPSA) is 61.7 Å². The highest BCUT2D eigenvalue weighted by Gasteiger charge is 2.18. The van der Waals surface area contributed by atoms with Gasteiger partial charge in [-0.2, -0.15) is 0 Å². The van der Waals surface area contributed by atoms with Crippen molar-refractivity contribution in [2.75, 3.05) is 0 Å². The first kappa shape index (κ1) is 10.8. The highest BCUT2D eigenvalue weighted by atomic mass is 16.4. The zero-order valence-corrected chi connectivity index (χ0v) is 9.63. The Hall–Kier alpha value is -2.36. The van der Waals surface area contributed by atoms with Crippen molar-refractivity contribution in [3.8, 4) is 0 Å². The number of carbonyl (C=O) groups is 1. The molecule has 18 heavy (non-hydrogen) atoms. The van der Waals surface area contributed by atoms with Crippen LogP contribution in [0.5, 0.6) is 0 Å². The Morgan fingerprint density at radius 3 is 2.94 bits per heavy atom. The van der Waals surface area contributed by atoms with Gasteiger partial charge in [-0.1, -0.05) is 36.4 Å². The molecule has 2 N–H and O–H groups in total. The maximum Gasteiger partial charge on any atom is 0.406 e. The minimum absolute atomic E-state index is 0.388. The standard InChI is InChI=1S/C14H12N2O2/c17-14(18)16-13-7-12-10(8-15-13)6-5-9-3-1-2-4-11(9)12/h1-6,8,13,16H,7H2,(H,17,18). The Morgan fingerprint density at radius 1 is 1.28 bits per heavy atom. The van der Waals surface area contributed by atoms with E-state index in [0.29, 0.717) is 6.42 Å². The summed E-state index contributed by atoms with van der Waals surface area (Å²) in [5.74, 6) is 0. The van der Waals surface area contributed by atoms with Crippen molar-refractivity contribution in [1.82, 2.24) is 5.32 Å². The lowest BCUT2D eigenvalue weighted by Gasteiger charge is -2.20. The first-order valence-corrected chi connectivity index (χ1v) is 5.77. The molecular weight excluding hydrogens is 228 g/mol. The van der Waals surface area contributed by atoms with Crippen LogP contribution in [-0.2, 0) is 6.42 Å². The number of nitrogens with one attached hydrogen (secondary N) is 1. The highest BCUT2D eigenvalue weighted by molar-refractivity contribution is 5.95. The average molecular weight is 240 g/mol. The lowest BCUT2D eigenvalue weighted by Crippen LogP contribution is -2.35. The van der Waals surface area contributed by atoms with Gasteiger partial charge in [-0.25, -0.2) is 4.79 Å². The van der Waals surface area contributed by atoms with Gasteiger partial charge in [-0.3, -0.25) is 10.3 Å². The summed E-state index contributed by atoms with van der Waals surface area (Å²) in [5, 5.41) is 13.5. The van der Waals surface area contributed by atoms with Crippen molar-refractivity contribution in [3.63, 3.8) is 0 Å². The van der Waals surface area contributed by atoms with Gasteiger partial charge in [0.05, 0.1) is 0 Å². The third-order valence-electron chi connectivity index (χ3n) is 3.16. The number of hydrogen-bond donors (Lipinski definition) is 2. The molecule has 0 saturated carbocycles. The van der Waals surface area contributed by atoms with E-state index in [1.54, 1.807) is 6.21 Å². The van der Waals surface area contributed by atoms with Gasteiger partial charge in [0.2, 0.25) is 0 Å². The van der Waals surface area contributed by atoms with E-state index in [9.17, 15) is 4.79 Å². The molecule has 1 aliphatic heterocycles. The first-order chi connectivity index (χ1) is 8.74. The Balaban J connectivity index is 2.07. The van der Waals surface area contributed by atoms with Gasteiger partial charge in [0.15, 0.2) is 0 Å². The van der Waals surface area contributed by atoms with Gasteiger partial charge in [0, 0.05) is 12.6 Å². The molecule has 0 fully saturated rings. The second-order valence-corrected chi connectivity index (χ2v) is 4.30. The van der Waals surface area contributed by atoms with E-state index < -0.39 is 6.09 Å². The normalized spacial score (nSPS) is 17.4. The van der Waals surface area contributed by atoms with Crippen LogP contribution in [-0.4, -0.2) is 23.6 Å². The van der Waals surface area contributed by atoms with Crippen LogP contribution in [0.3, 0.4) is 0 Å². The number of carboxylic acid groups (broad SMARTS) is 1. The van der Waals surface area contributed by atoms with Crippen LogP contribution >= 0.6 is 0 Å². The molecule has 4 nitrogen and oxygen atoms in total. The van der Waals surface area contributed by atoms with E-state index in [0.717, 1.165) is 11.1 Å². The number of fused-ring (bicyclic) bond motifs is 3. The average Bonchev–Trinajstić information content (AvgIpc) is 2.38. The third kappa shape index (κ3) is 1.82. The monoisotopic (exact) mass is 240 g/mol. The second-order valence-electron chi connectivity index (χ2n) is 4.30. The zero-order chi connectivity index (χ0) is 12.5. The van der Waals surface area contributed by atoms with Crippen LogP contribution in [0.4, 0.5) is 4.79 Å².